The molecular formula is C12H20NO4PS. The molecule has 5 nitrogen and oxygen atoms in total. The summed E-state index contributed by atoms with van der Waals surface area (Å²) in [6.45, 7) is 1.87. The average molecular weight is 305 g/mol. The Morgan fingerprint density at radius 2 is 2.00 bits per heavy atom. The molecule has 0 radical (unpaired) electrons. The van der Waals surface area contributed by atoms with E-state index >= 15 is 0 Å². The number of ether oxygens (including phenoxy) is 1. The first-order valence-corrected chi connectivity index (χ1v) is 8.77. The van der Waals surface area contributed by atoms with Crippen LogP contribution in [0.15, 0.2) is 18.2 Å². The predicted molar refractivity (Wildman–Crippen MR) is 78.7 cm³/mol. The molecule has 0 bridgehead atoms. The molecule has 1 aromatic rings. The van der Waals surface area contributed by atoms with Crippen LogP contribution in [0.5, 0.6) is 5.75 Å². The Morgan fingerprint density at radius 3 is 2.42 bits per heavy atom. The summed E-state index contributed by atoms with van der Waals surface area (Å²) in [5.41, 5.74) is 7.10. The van der Waals surface area contributed by atoms with E-state index in [1.807, 2.05) is 32.9 Å². The third-order valence-corrected chi connectivity index (χ3v) is 4.42. The number of aliphatic hydroxyl groups is 1. The third kappa shape index (κ3) is 4.51. The van der Waals surface area contributed by atoms with Gasteiger partial charge in [0.1, 0.15) is 12.0 Å². The fourth-order valence-corrected chi connectivity index (χ4v) is 2.89. The van der Waals surface area contributed by atoms with Gasteiger partial charge < -0.3 is 20.5 Å². The zero-order valence-electron chi connectivity index (χ0n) is 11.1. The van der Waals surface area contributed by atoms with Crippen molar-refractivity contribution in [2.45, 2.75) is 38.8 Å². The molecule has 19 heavy (non-hydrogen) atoms. The van der Waals surface area contributed by atoms with Gasteiger partial charge in [0.05, 0.1) is 0 Å². The average Bonchev–Trinajstić information content (AvgIpc) is 2.23. The first kappa shape index (κ1) is 16.5. The zero-order chi connectivity index (χ0) is 14.8. The molecule has 0 spiro atoms. The van der Waals surface area contributed by atoms with E-state index in [1.54, 1.807) is 6.07 Å². The smallest absolute Gasteiger partial charge is 0.295 e. The van der Waals surface area contributed by atoms with Crippen LogP contribution in [0.4, 0.5) is 0 Å². The minimum absolute atomic E-state index is 0.171. The standard InChI is InChI=1S/C12H20NO4PS/c1-7(2)9-5-4-8(3)6-10(9)17-12(11(13)14)18(15,16)19/h4-7,11-12,14H,13H2,1-3H3,(H2,15,16,19). The van der Waals surface area contributed by atoms with Crippen LogP contribution in [0, 0.1) is 6.92 Å². The summed E-state index contributed by atoms with van der Waals surface area (Å²) in [5, 5.41) is 9.38. The molecule has 3 atom stereocenters. The van der Waals surface area contributed by atoms with Crippen molar-refractivity contribution in [1.82, 2.24) is 0 Å². The molecule has 0 heterocycles. The lowest BCUT2D eigenvalue weighted by molar-refractivity contribution is 0.0808. The fourth-order valence-electron chi connectivity index (χ4n) is 1.69. The number of thiol groups is 1. The SMILES string of the molecule is Cc1ccc(C(C)C)c(OC(C(N)O)P(=O)(O)S)c1. The number of aliphatic hydroxyl groups excluding tert-OH is 1. The van der Waals surface area contributed by atoms with Gasteiger partial charge in [0.2, 0.25) is 5.85 Å². The molecule has 0 saturated carbocycles. The summed E-state index contributed by atoms with van der Waals surface area (Å²) in [5.74, 6) is -0.855. The van der Waals surface area contributed by atoms with Gasteiger partial charge in [0.25, 0.3) is 6.57 Å². The molecule has 4 N–H and O–H groups in total. The van der Waals surface area contributed by atoms with E-state index in [0.29, 0.717) is 5.75 Å². The minimum atomic E-state index is -3.97. The van der Waals surface area contributed by atoms with Crippen molar-refractivity contribution in [3.63, 3.8) is 0 Å². The van der Waals surface area contributed by atoms with Gasteiger partial charge in [-0.2, -0.15) is 0 Å². The molecule has 1 aromatic carbocycles. The van der Waals surface area contributed by atoms with E-state index in [0.717, 1.165) is 11.1 Å². The zero-order valence-corrected chi connectivity index (χ0v) is 12.9. The molecule has 0 amide bonds. The van der Waals surface area contributed by atoms with Crippen LogP contribution in [0.3, 0.4) is 0 Å². The van der Waals surface area contributed by atoms with Gasteiger partial charge in [-0.1, -0.05) is 38.2 Å². The number of aryl methyl sites for hydroxylation is 1. The molecule has 0 aromatic heterocycles. The van der Waals surface area contributed by atoms with E-state index in [2.05, 4.69) is 12.2 Å². The second kappa shape index (κ2) is 6.29. The first-order valence-electron chi connectivity index (χ1n) is 5.89. The van der Waals surface area contributed by atoms with E-state index in [1.165, 1.54) is 0 Å². The van der Waals surface area contributed by atoms with Crippen LogP contribution in [0.2, 0.25) is 0 Å². The highest BCUT2D eigenvalue weighted by atomic mass is 32.7. The monoisotopic (exact) mass is 305 g/mol. The van der Waals surface area contributed by atoms with Crippen LogP contribution in [-0.4, -0.2) is 22.1 Å². The number of rotatable bonds is 5. The molecule has 0 aliphatic rings. The molecule has 7 heteroatoms. The Kier molecular flexibility index (Phi) is 5.47. The van der Waals surface area contributed by atoms with Gasteiger partial charge in [-0.3, -0.25) is 4.57 Å². The Balaban J connectivity index is 3.16. The molecule has 0 fully saturated rings. The lowest BCUT2D eigenvalue weighted by Gasteiger charge is -2.25. The maximum absolute atomic E-state index is 11.6. The number of hydrogen-bond donors (Lipinski definition) is 4. The van der Waals surface area contributed by atoms with Crippen molar-refractivity contribution in [3.8, 4) is 5.75 Å². The molecule has 0 aliphatic heterocycles. The second-order valence-corrected chi connectivity index (χ2v) is 8.19. The summed E-state index contributed by atoms with van der Waals surface area (Å²) in [6.07, 6.45) is -1.59. The number of hydrogen-bond acceptors (Lipinski definition) is 4. The largest absolute Gasteiger partial charge is 0.475 e. The summed E-state index contributed by atoms with van der Waals surface area (Å²) in [7, 11) is 0. The highest BCUT2D eigenvalue weighted by Gasteiger charge is 2.35. The van der Waals surface area contributed by atoms with Crippen molar-refractivity contribution in [2.24, 2.45) is 5.73 Å². The normalized spacial score (nSPS) is 17.9. The maximum Gasteiger partial charge on any atom is 0.295 e. The molecule has 108 valence electrons. The van der Waals surface area contributed by atoms with Crippen LogP contribution >= 0.6 is 18.8 Å². The molecule has 3 unspecified atom stereocenters. The second-order valence-electron chi connectivity index (χ2n) is 4.78. The lowest BCUT2D eigenvalue weighted by Crippen LogP contribution is -2.37. The third-order valence-electron chi connectivity index (χ3n) is 2.66. The summed E-state index contributed by atoms with van der Waals surface area (Å²) < 4.78 is 17.0. The molecule has 0 saturated heterocycles. The van der Waals surface area contributed by atoms with E-state index in [9.17, 15) is 14.6 Å². The van der Waals surface area contributed by atoms with Gasteiger partial charge >= 0.3 is 0 Å². The van der Waals surface area contributed by atoms with Crippen molar-refractivity contribution in [2.75, 3.05) is 0 Å². The highest BCUT2D eigenvalue weighted by molar-refractivity contribution is 8.46. The van der Waals surface area contributed by atoms with Gasteiger partial charge in [-0.15, -0.1) is 0 Å². The highest BCUT2D eigenvalue weighted by Crippen LogP contribution is 2.52. The van der Waals surface area contributed by atoms with Crippen molar-refractivity contribution >= 4 is 18.8 Å². The molecule has 0 aliphatic carbocycles. The lowest BCUT2D eigenvalue weighted by atomic mass is 10.0. The van der Waals surface area contributed by atoms with Crippen LogP contribution in [0.25, 0.3) is 0 Å². The van der Waals surface area contributed by atoms with Crippen molar-refractivity contribution < 1.29 is 19.3 Å². The van der Waals surface area contributed by atoms with Gasteiger partial charge in [-0.05, 0) is 30.0 Å². The molecule has 1 rings (SSSR count). The Morgan fingerprint density at radius 1 is 1.42 bits per heavy atom. The van der Waals surface area contributed by atoms with Gasteiger partial charge in [0.15, 0.2) is 0 Å². The van der Waals surface area contributed by atoms with E-state index < -0.39 is 18.6 Å². The number of benzene rings is 1. The van der Waals surface area contributed by atoms with E-state index in [4.69, 9.17) is 10.5 Å². The summed E-state index contributed by atoms with van der Waals surface area (Å²) in [6, 6.07) is 5.56. The Bertz CT molecular complexity index is 487. The quantitative estimate of drug-likeness (QED) is 0.380. The summed E-state index contributed by atoms with van der Waals surface area (Å²) in [4.78, 5) is 9.46. The van der Waals surface area contributed by atoms with Crippen LogP contribution in [-0.2, 0) is 4.57 Å². The topological polar surface area (TPSA) is 92.8 Å². The van der Waals surface area contributed by atoms with Crippen LogP contribution < -0.4 is 10.5 Å². The Hall–Kier alpha value is -0.520. The van der Waals surface area contributed by atoms with Gasteiger partial charge in [0, 0.05) is 0 Å². The van der Waals surface area contributed by atoms with Crippen LogP contribution in [0.1, 0.15) is 30.9 Å². The predicted octanol–water partition coefficient (Wildman–Crippen LogP) is 2.22. The maximum atomic E-state index is 11.6. The molecular weight excluding hydrogens is 285 g/mol. The fraction of sp³-hybridized carbons (Fsp3) is 0.500. The minimum Gasteiger partial charge on any atom is -0.475 e. The summed E-state index contributed by atoms with van der Waals surface area (Å²) >= 11 is 3.58. The van der Waals surface area contributed by atoms with Crippen molar-refractivity contribution in [1.29, 1.82) is 0 Å². The van der Waals surface area contributed by atoms with Gasteiger partial charge in [-0.25, -0.2) is 0 Å². The van der Waals surface area contributed by atoms with E-state index in [-0.39, 0.29) is 5.92 Å². The first-order chi connectivity index (χ1) is 8.62. The number of nitrogens with two attached hydrogens (primary N) is 1. The Labute approximate surface area is 118 Å². The van der Waals surface area contributed by atoms with Crippen molar-refractivity contribution in [3.05, 3.63) is 29.3 Å².